The highest BCUT2D eigenvalue weighted by atomic mass is 16.5. The molecule has 1 rings (SSSR count). The van der Waals surface area contributed by atoms with Crippen LogP contribution in [0.2, 0.25) is 0 Å². The third-order valence-electron chi connectivity index (χ3n) is 1.71. The lowest BCUT2D eigenvalue weighted by Crippen LogP contribution is -2.40. The monoisotopic (exact) mass is 129 g/mol. The van der Waals surface area contributed by atoms with E-state index < -0.39 is 0 Å². The van der Waals surface area contributed by atoms with Gasteiger partial charge in [0, 0.05) is 6.04 Å². The number of rotatable bonds is 1. The van der Waals surface area contributed by atoms with Crippen LogP contribution in [-0.2, 0) is 9.53 Å². The van der Waals surface area contributed by atoms with Gasteiger partial charge in [0.15, 0.2) is 0 Å². The Bertz CT molecular complexity index is 118. The van der Waals surface area contributed by atoms with Crippen LogP contribution in [0.4, 0.5) is 0 Å². The standard InChI is InChI=1S/C6H11NO2/c1-9-6(8)4-2-5(7)3-4/h4-5H,2-3,7H2,1H3/t4-,5-. The summed E-state index contributed by atoms with van der Waals surface area (Å²) in [5, 5.41) is 0. The average Bonchev–Trinajstić information content (AvgIpc) is 1.79. The number of hydrogen-bond donors (Lipinski definition) is 1. The van der Waals surface area contributed by atoms with Gasteiger partial charge in [-0.25, -0.2) is 0 Å². The summed E-state index contributed by atoms with van der Waals surface area (Å²) in [6, 6.07) is 0.231. The van der Waals surface area contributed by atoms with Gasteiger partial charge in [-0.1, -0.05) is 0 Å². The Morgan fingerprint density at radius 1 is 1.67 bits per heavy atom. The van der Waals surface area contributed by atoms with Crippen LogP contribution < -0.4 is 5.73 Å². The number of methoxy groups -OCH3 is 1. The maximum atomic E-state index is 10.7. The van der Waals surface area contributed by atoms with Crippen LogP contribution in [-0.4, -0.2) is 19.1 Å². The summed E-state index contributed by atoms with van der Waals surface area (Å²) in [6.07, 6.45) is 1.60. The van der Waals surface area contributed by atoms with E-state index >= 15 is 0 Å². The zero-order valence-corrected chi connectivity index (χ0v) is 5.46. The molecule has 0 aliphatic heterocycles. The average molecular weight is 129 g/mol. The van der Waals surface area contributed by atoms with Gasteiger partial charge >= 0.3 is 5.97 Å². The van der Waals surface area contributed by atoms with E-state index in [0.29, 0.717) is 0 Å². The van der Waals surface area contributed by atoms with E-state index in [1.165, 1.54) is 7.11 Å². The first-order chi connectivity index (χ1) is 4.24. The summed E-state index contributed by atoms with van der Waals surface area (Å²) in [7, 11) is 1.41. The number of ether oxygens (including phenoxy) is 1. The molecule has 1 aliphatic rings. The third-order valence-corrected chi connectivity index (χ3v) is 1.71. The molecule has 0 atom stereocenters. The fourth-order valence-corrected chi connectivity index (χ4v) is 1.02. The molecule has 0 unspecified atom stereocenters. The van der Waals surface area contributed by atoms with Gasteiger partial charge < -0.3 is 10.5 Å². The Morgan fingerprint density at radius 3 is 2.56 bits per heavy atom. The number of esters is 1. The van der Waals surface area contributed by atoms with Crippen molar-refractivity contribution in [1.82, 2.24) is 0 Å². The van der Waals surface area contributed by atoms with Crippen molar-refractivity contribution in [3.05, 3.63) is 0 Å². The largest absolute Gasteiger partial charge is 0.469 e. The molecule has 0 radical (unpaired) electrons. The second-order valence-corrected chi connectivity index (χ2v) is 2.45. The van der Waals surface area contributed by atoms with E-state index in [0.717, 1.165) is 12.8 Å². The highest BCUT2D eigenvalue weighted by Gasteiger charge is 2.32. The number of nitrogens with two attached hydrogens (primary N) is 1. The van der Waals surface area contributed by atoms with E-state index in [4.69, 9.17) is 5.73 Å². The maximum absolute atomic E-state index is 10.7. The molecule has 0 spiro atoms. The topological polar surface area (TPSA) is 52.3 Å². The minimum atomic E-state index is -0.114. The minimum absolute atomic E-state index is 0.0880. The van der Waals surface area contributed by atoms with Gasteiger partial charge in [0.1, 0.15) is 0 Å². The first kappa shape index (κ1) is 6.55. The summed E-state index contributed by atoms with van der Waals surface area (Å²) < 4.78 is 4.51. The van der Waals surface area contributed by atoms with E-state index in [-0.39, 0.29) is 17.9 Å². The van der Waals surface area contributed by atoms with Gasteiger partial charge in [-0.15, -0.1) is 0 Å². The van der Waals surface area contributed by atoms with Crippen molar-refractivity contribution in [1.29, 1.82) is 0 Å². The Labute approximate surface area is 54.2 Å². The molecular formula is C6H11NO2. The Morgan fingerprint density at radius 2 is 2.22 bits per heavy atom. The van der Waals surface area contributed by atoms with Crippen LogP contribution in [0.15, 0.2) is 0 Å². The van der Waals surface area contributed by atoms with Crippen LogP contribution in [0.1, 0.15) is 12.8 Å². The summed E-state index contributed by atoms with van der Waals surface area (Å²) in [4.78, 5) is 10.7. The fourth-order valence-electron chi connectivity index (χ4n) is 1.02. The van der Waals surface area contributed by atoms with Crippen molar-refractivity contribution in [3.8, 4) is 0 Å². The van der Waals surface area contributed by atoms with E-state index in [9.17, 15) is 4.79 Å². The molecule has 9 heavy (non-hydrogen) atoms. The van der Waals surface area contributed by atoms with Crippen molar-refractivity contribution < 1.29 is 9.53 Å². The normalized spacial score (nSPS) is 33.1. The van der Waals surface area contributed by atoms with Crippen LogP contribution in [0.5, 0.6) is 0 Å². The van der Waals surface area contributed by atoms with Crippen molar-refractivity contribution in [2.45, 2.75) is 18.9 Å². The number of hydrogen-bond acceptors (Lipinski definition) is 3. The summed E-state index contributed by atoms with van der Waals surface area (Å²) in [6.45, 7) is 0. The highest BCUT2D eigenvalue weighted by molar-refractivity contribution is 5.73. The molecule has 0 bridgehead atoms. The second-order valence-electron chi connectivity index (χ2n) is 2.45. The number of carbonyl (C=O) groups excluding carboxylic acids is 1. The fraction of sp³-hybridized carbons (Fsp3) is 0.833. The zero-order chi connectivity index (χ0) is 6.85. The molecule has 2 N–H and O–H groups in total. The summed E-state index contributed by atoms with van der Waals surface area (Å²) in [5.74, 6) is -0.0262. The van der Waals surface area contributed by atoms with E-state index in [1.807, 2.05) is 0 Å². The first-order valence-corrected chi connectivity index (χ1v) is 3.07. The van der Waals surface area contributed by atoms with Crippen molar-refractivity contribution in [2.24, 2.45) is 11.7 Å². The lowest BCUT2D eigenvalue weighted by molar-refractivity contribution is -0.148. The summed E-state index contributed by atoms with van der Waals surface area (Å²) >= 11 is 0. The van der Waals surface area contributed by atoms with Gasteiger partial charge in [-0.2, -0.15) is 0 Å². The molecule has 3 heteroatoms. The molecular weight excluding hydrogens is 118 g/mol. The molecule has 0 aromatic rings. The molecule has 0 saturated heterocycles. The zero-order valence-electron chi connectivity index (χ0n) is 5.46. The van der Waals surface area contributed by atoms with Crippen LogP contribution in [0.3, 0.4) is 0 Å². The van der Waals surface area contributed by atoms with Crippen LogP contribution in [0, 0.1) is 5.92 Å². The molecule has 52 valence electrons. The lowest BCUT2D eigenvalue weighted by atomic mass is 9.81. The predicted molar refractivity (Wildman–Crippen MR) is 32.7 cm³/mol. The van der Waals surface area contributed by atoms with Gasteiger partial charge in [0.2, 0.25) is 0 Å². The van der Waals surface area contributed by atoms with E-state index in [2.05, 4.69) is 4.74 Å². The van der Waals surface area contributed by atoms with Gasteiger partial charge in [0.05, 0.1) is 13.0 Å². The molecule has 1 fully saturated rings. The minimum Gasteiger partial charge on any atom is -0.469 e. The first-order valence-electron chi connectivity index (χ1n) is 3.07. The quantitative estimate of drug-likeness (QED) is 0.503. The Balaban J connectivity index is 2.23. The van der Waals surface area contributed by atoms with Gasteiger partial charge in [-0.3, -0.25) is 4.79 Å². The molecule has 0 amide bonds. The predicted octanol–water partition coefficient (Wildman–Crippen LogP) is -0.103. The molecule has 0 aromatic carbocycles. The van der Waals surface area contributed by atoms with E-state index in [1.54, 1.807) is 0 Å². The molecule has 1 saturated carbocycles. The molecule has 0 heterocycles. The van der Waals surface area contributed by atoms with Crippen LogP contribution in [0.25, 0.3) is 0 Å². The van der Waals surface area contributed by atoms with Gasteiger partial charge in [-0.05, 0) is 12.8 Å². The number of carbonyl (C=O) groups is 1. The van der Waals surface area contributed by atoms with Crippen molar-refractivity contribution >= 4 is 5.97 Å². The highest BCUT2D eigenvalue weighted by Crippen LogP contribution is 2.26. The maximum Gasteiger partial charge on any atom is 0.308 e. The summed E-state index contributed by atoms with van der Waals surface area (Å²) in [5.41, 5.74) is 5.45. The molecule has 1 aliphatic carbocycles. The molecule has 0 aromatic heterocycles. The lowest BCUT2D eigenvalue weighted by Gasteiger charge is -2.29. The Hall–Kier alpha value is -0.570. The van der Waals surface area contributed by atoms with Crippen molar-refractivity contribution in [2.75, 3.05) is 7.11 Å². The molecule has 3 nitrogen and oxygen atoms in total. The van der Waals surface area contributed by atoms with Crippen LogP contribution >= 0.6 is 0 Å². The van der Waals surface area contributed by atoms with Gasteiger partial charge in [0.25, 0.3) is 0 Å². The SMILES string of the molecule is COC(=O)[C@H]1C[C@H](N)C1. The smallest absolute Gasteiger partial charge is 0.308 e. The third kappa shape index (κ3) is 1.21. The second kappa shape index (κ2) is 2.35. The van der Waals surface area contributed by atoms with Crippen molar-refractivity contribution in [3.63, 3.8) is 0 Å². The Kier molecular flexibility index (Phi) is 1.71.